The Balaban J connectivity index is 1.81. The van der Waals surface area contributed by atoms with Gasteiger partial charge in [0.2, 0.25) is 5.91 Å². The first-order valence-corrected chi connectivity index (χ1v) is 8.75. The van der Waals surface area contributed by atoms with E-state index < -0.39 is 17.4 Å². The molecule has 1 atom stereocenters. The summed E-state index contributed by atoms with van der Waals surface area (Å²) in [7, 11) is 0. The fourth-order valence-electron chi connectivity index (χ4n) is 3.73. The number of benzene rings is 2. The molecule has 1 aliphatic carbocycles. The topological polar surface area (TPSA) is 66.4 Å². The summed E-state index contributed by atoms with van der Waals surface area (Å²) in [6.07, 6.45) is 3.78. The van der Waals surface area contributed by atoms with E-state index in [1.165, 1.54) is 0 Å². The van der Waals surface area contributed by atoms with E-state index in [1.54, 1.807) is 0 Å². The lowest BCUT2D eigenvalue weighted by atomic mass is 9.77. The van der Waals surface area contributed by atoms with Crippen molar-refractivity contribution in [1.82, 2.24) is 5.32 Å². The zero-order valence-electron chi connectivity index (χ0n) is 14.2. The Hall–Kier alpha value is -2.62. The predicted molar refractivity (Wildman–Crippen MR) is 96.3 cm³/mol. The predicted octanol–water partition coefficient (Wildman–Crippen LogP) is 3.31. The van der Waals surface area contributed by atoms with Gasteiger partial charge in [-0.3, -0.25) is 4.79 Å². The van der Waals surface area contributed by atoms with Crippen LogP contribution >= 0.6 is 0 Å². The number of carbonyl (C=O) groups is 2. The van der Waals surface area contributed by atoms with Crippen molar-refractivity contribution in [2.45, 2.75) is 43.6 Å². The van der Waals surface area contributed by atoms with Gasteiger partial charge in [0.05, 0.1) is 5.41 Å². The fraction of sp³-hybridized carbons (Fsp3) is 0.333. The number of hydrogen-bond donors (Lipinski definition) is 2. The molecule has 4 heteroatoms. The minimum atomic E-state index is -1.00. The van der Waals surface area contributed by atoms with E-state index in [9.17, 15) is 14.7 Å². The molecule has 0 saturated heterocycles. The van der Waals surface area contributed by atoms with Crippen LogP contribution in [0, 0.1) is 0 Å². The number of hydrogen-bond acceptors (Lipinski definition) is 2. The van der Waals surface area contributed by atoms with Crippen molar-refractivity contribution in [3.8, 4) is 0 Å². The molecule has 1 saturated carbocycles. The molecule has 0 heterocycles. The molecule has 1 amide bonds. The van der Waals surface area contributed by atoms with Gasteiger partial charge in [-0.05, 0) is 24.0 Å². The summed E-state index contributed by atoms with van der Waals surface area (Å²) in [4.78, 5) is 24.8. The Bertz CT molecular complexity index is 721. The summed E-state index contributed by atoms with van der Waals surface area (Å²) in [5.74, 6) is -1.17. The van der Waals surface area contributed by atoms with Crippen molar-refractivity contribution in [2.24, 2.45) is 0 Å². The van der Waals surface area contributed by atoms with Crippen LogP contribution in [-0.4, -0.2) is 23.0 Å². The maximum atomic E-state index is 13.1. The Morgan fingerprint density at radius 2 is 1.52 bits per heavy atom. The smallest absolute Gasteiger partial charge is 0.326 e. The van der Waals surface area contributed by atoms with Crippen molar-refractivity contribution < 1.29 is 14.7 Å². The SMILES string of the molecule is O=C(O)C(Cc1ccccc1)NC(=O)C1(c2ccccc2)CCCC1. The minimum absolute atomic E-state index is 0.167. The molecule has 2 aromatic rings. The summed E-state index contributed by atoms with van der Waals surface area (Å²) in [5.41, 5.74) is 1.27. The third-order valence-corrected chi connectivity index (χ3v) is 5.10. The summed E-state index contributed by atoms with van der Waals surface area (Å²) in [6.45, 7) is 0. The van der Waals surface area contributed by atoms with Crippen molar-refractivity contribution in [1.29, 1.82) is 0 Å². The van der Waals surface area contributed by atoms with Gasteiger partial charge in [-0.25, -0.2) is 4.79 Å². The van der Waals surface area contributed by atoms with Gasteiger partial charge in [-0.2, -0.15) is 0 Å². The van der Waals surface area contributed by atoms with Crippen LogP contribution in [-0.2, 0) is 21.4 Å². The maximum absolute atomic E-state index is 13.1. The molecule has 4 nitrogen and oxygen atoms in total. The highest BCUT2D eigenvalue weighted by Crippen LogP contribution is 2.41. The minimum Gasteiger partial charge on any atom is -0.480 e. The lowest BCUT2D eigenvalue weighted by molar-refractivity contribution is -0.142. The fourth-order valence-corrected chi connectivity index (χ4v) is 3.73. The molecule has 1 unspecified atom stereocenters. The molecule has 25 heavy (non-hydrogen) atoms. The van der Waals surface area contributed by atoms with Gasteiger partial charge in [0.15, 0.2) is 0 Å². The van der Waals surface area contributed by atoms with Gasteiger partial charge >= 0.3 is 5.97 Å². The summed E-state index contributed by atoms with van der Waals surface area (Å²) in [6, 6.07) is 18.2. The van der Waals surface area contributed by atoms with Crippen LogP contribution in [0.3, 0.4) is 0 Å². The van der Waals surface area contributed by atoms with Crippen LogP contribution in [0.15, 0.2) is 60.7 Å². The molecule has 0 spiro atoms. The second kappa shape index (κ2) is 7.51. The number of carboxylic acids is 1. The first kappa shape index (κ1) is 17.2. The summed E-state index contributed by atoms with van der Waals surface area (Å²) >= 11 is 0. The average Bonchev–Trinajstić information content (AvgIpc) is 3.14. The molecule has 0 bridgehead atoms. The van der Waals surface area contributed by atoms with Gasteiger partial charge in [0.1, 0.15) is 6.04 Å². The first-order chi connectivity index (χ1) is 12.1. The molecule has 2 N–H and O–H groups in total. The van der Waals surface area contributed by atoms with Gasteiger partial charge < -0.3 is 10.4 Å². The molecule has 3 rings (SSSR count). The monoisotopic (exact) mass is 337 g/mol. The number of rotatable bonds is 6. The van der Waals surface area contributed by atoms with E-state index in [0.29, 0.717) is 0 Å². The second-order valence-corrected chi connectivity index (χ2v) is 6.71. The average molecular weight is 337 g/mol. The highest BCUT2D eigenvalue weighted by molar-refractivity contribution is 5.92. The number of amides is 1. The summed E-state index contributed by atoms with van der Waals surface area (Å²) < 4.78 is 0. The highest BCUT2D eigenvalue weighted by Gasteiger charge is 2.43. The van der Waals surface area contributed by atoms with Crippen molar-refractivity contribution in [3.63, 3.8) is 0 Å². The van der Waals surface area contributed by atoms with Crippen LogP contribution in [0.2, 0.25) is 0 Å². The number of aliphatic carboxylic acids is 1. The Morgan fingerprint density at radius 3 is 2.08 bits per heavy atom. The van der Waals surface area contributed by atoms with Gasteiger partial charge in [-0.1, -0.05) is 73.5 Å². The normalized spacial score (nSPS) is 17.0. The zero-order chi connectivity index (χ0) is 17.7. The van der Waals surface area contributed by atoms with Crippen molar-refractivity contribution in [3.05, 3.63) is 71.8 Å². The third kappa shape index (κ3) is 3.73. The van der Waals surface area contributed by atoms with E-state index in [1.807, 2.05) is 60.7 Å². The first-order valence-electron chi connectivity index (χ1n) is 8.75. The van der Waals surface area contributed by atoms with Gasteiger partial charge in [0, 0.05) is 6.42 Å². The van der Waals surface area contributed by atoms with Crippen LogP contribution in [0.25, 0.3) is 0 Å². The molecule has 0 radical (unpaired) electrons. The molecule has 1 fully saturated rings. The third-order valence-electron chi connectivity index (χ3n) is 5.10. The molecule has 130 valence electrons. The van der Waals surface area contributed by atoms with E-state index in [0.717, 1.165) is 36.8 Å². The lowest BCUT2D eigenvalue weighted by Gasteiger charge is -2.30. The maximum Gasteiger partial charge on any atom is 0.326 e. The number of carboxylic acid groups (broad SMARTS) is 1. The molecule has 0 aromatic heterocycles. The summed E-state index contributed by atoms with van der Waals surface area (Å²) in [5, 5.41) is 12.4. The Labute approximate surface area is 147 Å². The van der Waals surface area contributed by atoms with E-state index in [4.69, 9.17) is 0 Å². The lowest BCUT2D eigenvalue weighted by Crippen LogP contribution is -2.50. The molecular weight excluding hydrogens is 314 g/mol. The van der Waals surface area contributed by atoms with E-state index in [-0.39, 0.29) is 12.3 Å². The molecular formula is C21H23NO3. The highest BCUT2D eigenvalue weighted by atomic mass is 16.4. The van der Waals surface area contributed by atoms with Crippen LogP contribution in [0.5, 0.6) is 0 Å². The molecule has 2 aromatic carbocycles. The van der Waals surface area contributed by atoms with Crippen LogP contribution in [0.1, 0.15) is 36.8 Å². The largest absolute Gasteiger partial charge is 0.480 e. The zero-order valence-corrected chi connectivity index (χ0v) is 14.2. The van der Waals surface area contributed by atoms with E-state index >= 15 is 0 Å². The van der Waals surface area contributed by atoms with Crippen LogP contribution in [0.4, 0.5) is 0 Å². The number of nitrogens with one attached hydrogen (secondary N) is 1. The second-order valence-electron chi connectivity index (χ2n) is 6.71. The van der Waals surface area contributed by atoms with Crippen LogP contribution < -0.4 is 5.32 Å². The quantitative estimate of drug-likeness (QED) is 0.850. The van der Waals surface area contributed by atoms with E-state index in [2.05, 4.69) is 5.32 Å². The Kier molecular flexibility index (Phi) is 5.17. The van der Waals surface area contributed by atoms with Gasteiger partial charge in [0.25, 0.3) is 0 Å². The van der Waals surface area contributed by atoms with Gasteiger partial charge in [-0.15, -0.1) is 0 Å². The van der Waals surface area contributed by atoms with Crippen molar-refractivity contribution in [2.75, 3.05) is 0 Å². The Morgan fingerprint density at radius 1 is 0.960 bits per heavy atom. The molecule has 0 aliphatic heterocycles. The number of carbonyl (C=O) groups excluding carboxylic acids is 1. The standard InChI is InChI=1S/C21H23NO3/c23-19(24)18(15-16-9-3-1-4-10-16)22-20(25)21(13-7-8-14-21)17-11-5-2-6-12-17/h1-6,9-12,18H,7-8,13-15H2,(H,22,25)(H,23,24). The van der Waals surface area contributed by atoms with Crippen molar-refractivity contribution >= 4 is 11.9 Å². The molecule has 1 aliphatic rings.